The van der Waals surface area contributed by atoms with Gasteiger partial charge in [-0.3, -0.25) is 4.79 Å². The Kier molecular flexibility index (Phi) is 7.33. The minimum atomic E-state index is -0.254. The molecule has 0 bridgehead atoms. The lowest BCUT2D eigenvalue weighted by Gasteiger charge is -2.14. The second-order valence-corrected chi connectivity index (χ2v) is 9.14. The van der Waals surface area contributed by atoms with Gasteiger partial charge in [0.15, 0.2) is 5.82 Å². The molecule has 0 aromatic carbocycles. The topological polar surface area (TPSA) is 154 Å². The zero-order chi connectivity index (χ0) is 25.0. The molecule has 4 N–H and O–H groups in total. The highest BCUT2D eigenvalue weighted by molar-refractivity contribution is 5.77. The molecular formula is C23H32N8O3. The number of H-pyrrole nitrogens is 1. The van der Waals surface area contributed by atoms with Crippen LogP contribution in [-0.4, -0.2) is 56.6 Å². The molecule has 182 valence electrons. The van der Waals surface area contributed by atoms with Gasteiger partial charge in [-0.1, -0.05) is 27.7 Å². The molecule has 1 atom stereocenters. The molecule has 0 saturated carbocycles. The Morgan fingerprint density at radius 3 is 2.56 bits per heavy atom. The number of aromatic nitrogens is 6. The van der Waals surface area contributed by atoms with Crippen LogP contribution in [0, 0.1) is 12.8 Å². The third-order valence-electron chi connectivity index (χ3n) is 5.16. The number of nitrogen functional groups attached to an aromatic ring is 1. The predicted octanol–water partition coefficient (Wildman–Crippen LogP) is 3.13. The van der Waals surface area contributed by atoms with Gasteiger partial charge in [0.05, 0.1) is 31.3 Å². The summed E-state index contributed by atoms with van der Waals surface area (Å²) in [5.74, 6) is 1.45. The van der Waals surface area contributed by atoms with Crippen molar-refractivity contribution in [3.63, 3.8) is 0 Å². The van der Waals surface area contributed by atoms with Gasteiger partial charge in [-0.15, -0.1) is 0 Å². The Labute approximate surface area is 199 Å². The van der Waals surface area contributed by atoms with E-state index in [4.69, 9.17) is 20.2 Å². The number of nitrogens with one attached hydrogen (secondary N) is 2. The summed E-state index contributed by atoms with van der Waals surface area (Å²) in [6.07, 6.45) is 1.96. The number of carbonyl (C=O) groups excluding carboxylic acids is 1. The Morgan fingerprint density at radius 2 is 1.91 bits per heavy atom. The zero-order valence-corrected chi connectivity index (χ0v) is 20.7. The van der Waals surface area contributed by atoms with Gasteiger partial charge in [-0.25, -0.2) is 24.9 Å². The SMILES string of the molecule is COC(=O)C[C@@H](C)CNc1nccc(-c2nc(C(C)(C)C)[nH]c2-c2nc(OC)c(N)nc2C)n1. The molecular weight excluding hydrogens is 436 g/mol. The molecule has 3 rings (SSSR count). The molecule has 3 aromatic heterocycles. The first-order chi connectivity index (χ1) is 16.0. The highest BCUT2D eigenvalue weighted by Gasteiger charge is 2.26. The second kappa shape index (κ2) is 10.0. The van der Waals surface area contributed by atoms with E-state index in [0.29, 0.717) is 47.4 Å². The van der Waals surface area contributed by atoms with Crippen LogP contribution in [0.2, 0.25) is 0 Å². The molecule has 3 heterocycles. The van der Waals surface area contributed by atoms with Gasteiger partial charge >= 0.3 is 5.97 Å². The molecule has 0 unspecified atom stereocenters. The van der Waals surface area contributed by atoms with E-state index in [1.807, 2.05) is 13.8 Å². The van der Waals surface area contributed by atoms with Crippen LogP contribution in [0.1, 0.15) is 45.6 Å². The average molecular weight is 469 g/mol. The number of aryl methyl sites for hydroxylation is 1. The molecule has 0 radical (unpaired) electrons. The van der Waals surface area contributed by atoms with Gasteiger partial charge in [0.2, 0.25) is 5.95 Å². The quantitative estimate of drug-likeness (QED) is 0.420. The van der Waals surface area contributed by atoms with Crippen molar-refractivity contribution in [2.75, 3.05) is 31.8 Å². The molecule has 0 aliphatic carbocycles. The van der Waals surface area contributed by atoms with Crippen LogP contribution in [0.5, 0.6) is 5.88 Å². The molecule has 0 fully saturated rings. The molecule has 34 heavy (non-hydrogen) atoms. The highest BCUT2D eigenvalue weighted by atomic mass is 16.5. The van der Waals surface area contributed by atoms with Crippen LogP contribution in [0.4, 0.5) is 11.8 Å². The van der Waals surface area contributed by atoms with Crippen LogP contribution < -0.4 is 15.8 Å². The first kappa shape index (κ1) is 24.9. The van der Waals surface area contributed by atoms with Gasteiger partial charge in [0.1, 0.15) is 17.2 Å². The average Bonchev–Trinajstić information content (AvgIpc) is 3.24. The largest absolute Gasteiger partial charge is 0.478 e. The number of carbonyl (C=O) groups is 1. The van der Waals surface area contributed by atoms with Crippen molar-refractivity contribution >= 4 is 17.7 Å². The zero-order valence-electron chi connectivity index (χ0n) is 20.7. The molecule has 0 amide bonds. The summed E-state index contributed by atoms with van der Waals surface area (Å²) < 4.78 is 10.0. The van der Waals surface area contributed by atoms with Crippen LogP contribution in [0.15, 0.2) is 12.3 Å². The molecule has 0 aliphatic rings. The molecule has 0 aliphatic heterocycles. The maximum atomic E-state index is 11.5. The normalized spacial score (nSPS) is 12.3. The van der Waals surface area contributed by atoms with Crippen LogP contribution in [-0.2, 0) is 14.9 Å². The molecule has 11 heteroatoms. The van der Waals surface area contributed by atoms with Crippen LogP contribution >= 0.6 is 0 Å². The monoisotopic (exact) mass is 468 g/mol. The summed E-state index contributed by atoms with van der Waals surface area (Å²) in [4.78, 5) is 37.7. The highest BCUT2D eigenvalue weighted by Crippen LogP contribution is 2.34. The van der Waals surface area contributed by atoms with E-state index >= 15 is 0 Å². The molecule has 11 nitrogen and oxygen atoms in total. The standard InChI is InChI=1S/C23H32N8O3/c1-12(10-15(32)33-6)11-26-22-25-9-8-14(28-22)17-18(31-21(30-17)23(3,4)5)16-13(2)27-19(24)20(29-16)34-7/h8-9,12H,10-11H2,1-7H3,(H2,24,27)(H,30,31)(H,25,26,28)/t12-/m1/s1. The number of esters is 1. The molecule has 3 aromatic rings. The van der Waals surface area contributed by atoms with E-state index in [0.717, 1.165) is 5.82 Å². The van der Waals surface area contributed by atoms with Crippen molar-refractivity contribution in [2.45, 2.75) is 46.5 Å². The number of anilines is 2. The minimum Gasteiger partial charge on any atom is -0.478 e. The lowest BCUT2D eigenvalue weighted by molar-refractivity contribution is -0.141. The lowest BCUT2D eigenvalue weighted by Crippen LogP contribution is -2.17. The van der Waals surface area contributed by atoms with Gasteiger partial charge in [0.25, 0.3) is 5.88 Å². The minimum absolute atomic E-state index is 0.0494. The van der Waals surface area contributed by atoms with E-state index in [2.05, 4.69) is 51.0 Å². The van der Waals surface area contributed by atoms with Crippen LogP contribution in [0.3, 0.4) is 0 Å². The number of nitrogens with two attached hydrogens (primary N) is 1. The van der Waals surface area contributed by atoms with Gasteiger partial charge in [-0.05, 0) is 18.9 Å². The van der Waals surface area contributed by atoms with E-state index in [9.17, 15) is 4.79 Å². The van der Waals surface area contributed by atoms with Crippen molar-refractivity contribution in [2.24, 2.45) is 5.92 Å². The smallest absolute Gasteiger partial charge is 0.305 e. The van der Waals surface area contributed by atoms with E-state index in [1.54, 1.807) is 12.3 Å². The Balaban J connectivity index is 2.01. The van der Waals surface area contributed by atoms with Gasteiger partial charge in [-0.2, -0.15) is 0 Å². The number of rotatable bonds is 8. The van der Waals surface area contributed by atoms with Crippen LogP contribution in [0.25, 0.3) is 22.8 Å². The Morgan fingerprint density at radius 1 is 1.18 bits per heavy atom. The summed E-state index contributed by atoms with van der Waals surface area (Å²) >= 11 is 0. The number of imidazole rings is 1. The fourth-order valence-corrected chi connectivity index (χ4v) is 3.27. The van der Waals surface area contributed by atoms with E-state index < -0.39 is 0 Å². The van der Waals surface area contributed by atoms with E-state index in [-0.39, 0.29) is 29.0 Å². The summed E-state index contributed by atoms with van der Waals surface area (Å²) in [7, 11) is 2.88. The molecule has 0 spiro atoms. The van der Waals surface area contributed by atoms with Crippen molar-refractivity contribution in [3.8, 4) is 28.7 Å². The van der Waals surface area contributed by atoms with Gasteiger partial charge < -0.3 is 25.5 Å². The summed E-state index contributed by atoms with van der Waals surface area (Å²) in [6.45, 7) is 10.5. The van der Waals surface area contributed by atoms with Gasteiger partial charge in [0, 0.05) is 24.6 Å². The summed E-state index contributed by atoms with van der Waals surface area (Å²) in [5, 5.41) is 3.18. The van der Waals surface area contributed by atoms with Crippen molar-refractivity contribution in [1.82, 2.24) is 29.9 Å². The number of hydrogen-bond acceptors (Lipinski definition) is 10. The van der Waals surface area contributed by atoms with Crippen molar-refractivity contribution in [3.05, 3.63) is 23.8 Å². The fourth-order valence-electron chi connectivity index (χ4n) is 3.27. The Bertz CT molecular complexity index is 1170. The number of nitrogens with zero attached hydrogens (tertiary/aromatic N) is 5. The third kappa shape index (κ3) is 5.59. The number of aromatic amines is 1. The Hall–Kier alpha value is -3.76. The maximum Gasteiger partial charge on any atom is 0.305 e. The van der Waals surface area contributed by atoms with Crippen molar-refractivity contribution < 1.29 is 14.3 Å². The predicted molar refractivity (Wildman–Crippen MR) is 129 cm³/mol. The summed E-state index contributed by atoms with van der Waals surface area (Å²) in [5.41, 5.74) is 8.78. The first-order valence-electron chi connectivity index (χ1n) is 11.0. The second-order valence-electron chi connectivity index (χ2n) is 9.14. The fraction of sp³-hybridized carbons (Fsp3) is 0.478. The number of hydrogen-bond donors (Lipinski definition) is 3. The summed E-state index contributed by atoms with van der Waals surface area (Å²) in [6, 6.07) is 1.78. The van der Waals surface area contributed by atoms with E-state index in [1.165, 1.54) is 14.2 Å². The lowest BCUT2D eigenvalue weighted by atomic mass is 9.96. The number of methoxy groups -OCH3 is 2. The first-order valence-corrected chi connectivity index (χ1v) is 11.0. The maximum absolute atomic E-state index is 11.5. The molecule has 0 saturated heterocycles. The van der Waals surface area contributed by atoms with Crippen molar-refractivity contribution in [1.29, 1.82) is 0 Å². The number of ether oxygens (including phenoxy) is 2. The third-order valence-corrected chi connectivity index (χ3v) is 5.16.